The number of hydrogen-bond acceptors (Lipinski definition) is 5. The molecule has 0 bridgehead atoms. The maximum absolute atomic E-state index is 13.2. The Morgan fingerprint density at radius 3 is 2.70 bits per heavy atom. The zero-order valence-corrected chi connectivity index (χ0v) is 12.2. The van der Waals surface area contributed by atoms with E-state index in [0.717, 1.165) is 0 Å². The monoisotopic (exact) mass is 294 g/mol. The zero-order chi connectivity index (χ0) is 14.9. The fraction of sp³-hybridized carbons (Fsp3) is 0.231. The summed E-state index contributed by atoms with van der Waals surface area (Å²) < 4.78 is 13.2. The first-order valence-electron chi connectivity index (χ1n) is 5.89. The molecule has 0 spiro atoms. The van der Waals surface area contributed by atoms with Crippen LogP contribution < -0.4 is 16.0 Å². The van der Waals surface area contributed by atoms with Crippen LogP contribution in [0.25, 0.3) is 0 Å². The van der Waals surface area contributed by atoms with Crippen molar-refractivity contribution >= 4 is 33.9 Å². The molecule has 20 heavy (non-hydrogen) atoms. The van der Waals surface area contributed by atoms with Crippen LogP contribution >= 0.6 is 11.3 Å². The lowest BCUT2D eigenvalue weighted by Gasteiger charge is -2.06. The molecule has 0 fully saturated rings. The van der Waals surface area contributed by atoms with Gasteiger partial charge in [-0.3, -0.25) is 4.79 Å². The van der Waals surface area contributed by atoms with Crippen molar-refractivity contribution in [3.05, 3.63) is 34.5 Å². The van der Waals surface area contributed by atoms with Gasteiger partial charge >= 0.3 is 0 Å². The van der Waals surface area contributed by atoms with E-state index in [9.17, 15) is 9.18 Å². The average molecular weight is 294 g/mol. The van der Waals surface area contributed by atoms with Crippen LogP contribution in [0, 0.1) is 12.7 Å². The number of anilines is 3. The largest absolute Gasteiger partial charge is 0.382 e. The second-order valence-electron chi connectivity index (χ2n) is 4.52. The number of rotatable bonds is 3. The molecule has 7 heteroatoms. The van der Waals surface area contributed by atoms with Gasteiger partial charge < -0.3 is 16.0 Å². The molecule has 106 valence electrons. The number of nitrogen functional groups attached to an aromatic ring is 1. The van der Waals surface area contributed by atoms with Gasteiger partial charge in [0.25, 0.3) is 5.91 Å². The molecule has 5 nitrogen and oxygen atoms in total. The van der Waals surface area contributed by atoms with Gasteiger partial charge in [0.2, 0.25) is 0 Å². The number of nitrogens with one attached hydrogen (secondary N) is 1. The van der Waals surface area contributed by atoms with Crippen molar-refractivity contribution in [2.24, 2.45) is 0 Å². The molecule has 1 amide bonds. The summed E-state index contributed by atoms with van der Waals surface area (Å²) in [7, 11) is 3.65. The molecule has 1 aromatic heterocycles. The first-order valence-corrected chi connectivity index (χ1v) is 6.71. The number of hydrogen-bond donors (Lipinski definition) is 2. The smallest absolute Gasteiger partial charge is 0.269 e. The molecule has 0 aliphatic carbocycles. The van der Waals surface area contributed by atoms with Crippen molar-refractivity contribution < 1.29 is 9.18 Å². The van der Waals surface area contributed by atoms with Crippen LogP contribution in [0.4, 0.5) is 21.0 Å². The Bertz CT molecular complexity index is 654. The maximum atomic E-state index is 13.2. The van der Waals surface area contributed by atoms with Gasteiger partial charge in [-0.25, -0.2) is 9.37 Å². The number of amides is 1. The van der Waals surface area contributed by atoms with E-state index < -0.39 is 0 Å². The van der Waals surface area contributed by atoms with E-state index >= 15 is 0 Å². The molecule has 0 aliphatic rings. The predicted molar refractivity (Wildman–Crippen MR) is 79.9 cm³/mol. The van der Waals surface area contributed by atoms with E-state index in [1.165, 1.54) is 23.5 Å². The second kappa shape index (κ2) is 5.46. The lowest BCUT2D eigenvalue weighted by atomic mass is 10.2. The molecule has 3 N–H and O–H groups in total. The molecule has 0 saturated heterocycles. The summed E-state index contributed by atoms with van der Waals surface area (Å²) in [6.45, 7) is 1.64. The molecule has 0 aliphatic heterocycles. The minimum atomic E-state index is -0.348. The van der Waals surface area contributed by atoms with Crippen molar-refractivity contribution in [3.8, 4) is 0 Å². The number of halogens is 1. The SMILES string of the molecule is Cc1cc(NC(=O)c2sc(N(C)C)nc2N)ccc1F. The number of thiazole rings is 1. The van der Waals surface area contributed by atoms with Gasteiger partial charge in [0, 0.05) is 19.8 Å². The maximum Gasteiger partial charge on any atom is 0.269 e. The summed E-state index contributed by atoms with van der Waals surface area (Å²) in [4.78, 5) is 18.4. The number of benzene rings is 1. The van der Waals surface area contributed by atoms with Crippen LogP contribution in [0.15, 0.2) is 18.2 Å². The minimum Gasteiger partial charge on any atom is -0.382 e. The van der Waals surface area contributed by atoms with E-state index in [2.05, 4.69) is 10.3 Å². The summed E-state index contributed by atoms with van der Waals surface area (Å²) >= 11 is 1.21. The first kappa shape index (κ1) is 14.3. The number of carbonyl (C=O) groups is 1. The summed E-state index contributed by atoms with van der Waals surface area (Å²) in [5.74, 6) is -0.468. The summed E-state index contributed by atoms with van der Waals surface area (Å²) in [6, 6.07) is 4.38. The third-order valence-electron chi connectivity index (χ3n) is 2.65. The van der Waals surface area contributed by atoms with Crippen LogP contribution in [0.1, 0.15) is 15.2 Å². The summed E-state index contributed by atoms with van der Waals surface area (Å²) in [5, 5.41) is 3.34. The van der Waals surface area contributed by atoms with Crippen molar-refractivity contribution in [1.82, 2.24) is 4.98 Å². The van der Waals surface area contributed by atoms with Crippen molar-refractivity contribution in [1.29, 1.82) is 0 Å². The van der Waals surface area contributed by atoms with Gasteiger partial charge in [-0.1, -0.05) is 11.3 Å². The number of aromatic nitrogens is 1. The van der Waals surface area contributed by atoms with Gasteiger partial charge in [0.1, 0.15) is 16.5 Å². The molecular weight excluding hydrogens is 279 g/mol. The quantitative estimate of drug-likeness (QED) is 0.912. The molecule has 0 atom stereocenters. The average Bonchev–Trinajstić information content (AvgIpc) is 2.76. The summed E-state index contributed by atoms with van der Waals surface area (Å²) in [6.07, 6.45) is 0. The third-order valence-corrected chi connectivity index (χ3v) is 3.88. The van der Waals surface area contributed by atoms with Gasteiger partial charge in [-0.05, 0) is 30.7 Å². The highest BCUT2D eigenvalue weighted by Crippen LogP contribution is 2.27. The highest BCUT2D eigenvalue weighted by Gasteiger charge is 2.17. The van der Waals surface area contributed by atoms with E-state index in [1.807, 2.05) is 14.1 Å². The van der Waals surface area contributed by atoms with E-state index in [1.54, 1.807) is 17.9 Å². The first-order chi connectivity index (χ1) is 9.38. The molecule has 1 heterocycles. The standard InChI is InChI=1S/C13H15FN4OS/c1-7-6-8(4-5-9(7)14)16-12(19)10-11(15)17-13(20-10)18(2)3/h4-6H,15H2,1-3H3,(H,16,19). The Hall–Kier alpha value is -2.15. The van der Waals surface area contributed by atoms with Crippen LogP contribution in [0.5, 0.6) is 0 Å². The van der Waals surface area contributed by atoms with Crippen LogP contribution in [-0.4, -0.2) is 25.0 Å². The molecular formula is C13H15FN4OS. The lowest BCUT2D eigenvalue weighted by molar-refractivity contribution is 0.103. The van der Waals surface area contributed by atoms with Gasteiger partial charge in [-0.2, -0.15) is 0 Å². The van der Waals surface area contributed by atoms with Crippen LogP contribution in [0.3, 0.4) is 0 Å². The Labute approximate surface area is 120 Å². The normalized spacial score (nSPS) is 10.4. The summed E-state index contributed by atoms with van der Waals surface area (Å²) in [5.41, 5.74) is 6.73. The predicted octanol–water partition coefficient (Wildman–Crippen LogP) is 2.49. The molecule has 1 aromatic carbocycles. The number of aryl methyl sites for hydroxylation is 1. The van der Waals surface area contributed by atoms with E-state index in [4.69, 9.17) is 5.73 Å². The van der Waals surface area contributed by atoms with E-state index in [0.29, 0.717) is 21.3 Å². The Morgan fingerprint density at radius 2 is 2.15 bits per heavy atom. The van der Waals surface area contributed by atoms with Crippen LogP contribution in [-0.2, 0) is 0 Å². The number of carbonyl (C=O) groups excluding carboxylic acids is 1. The second-order valence-corrected chi connectivity index (χ2v) is 5.50. The van der Waals surface area contributed by atoms with Crippen molar-refractivity contribution in [2.45, 2.75) is 6.92 Å². The zero-order valence-electron chi connectivity index (χ0n) is 11.4. The highest BCUT2D eigenvalue weighted by atomic mass is 32.1. The van der Waals surface area contributed by atoms with Gasteiger partial charge in [0.15, 0.2) is 5.13 Å². The molecule has 0 radical (unpaired) electrons. The molecule has 2 aromatic rings. The Kier molecular flexibility index (Phi) is 3.89. The van der Waals surface area contributed by atoms with Crippen LogP contribution in [0.2, 0.25) is 0 Å². The highest BCUT2D eigenvalue weighted by molar-refractivity contribution is 7.18. The fourth-order valence-electron chi connectivity index (χ4n) is 1.58. The van der Waals surface area contributed by atoms with Gasteiger partial charge in [0.05, 0.1) is 0 Å². The van der Waals surface area contributed by atoms with Crippen molar-refractivity contribution in [3.63, 3.8) is 0 Å². The Morgan fingerprint density at radius 1 is 1.45 bits per heavy atom. The van der Waals surface area contributed by atoms with Crippen molar-refractivity contribution in [2.75, 3.05) is 30.0 Å². The lowest BCUT2D eigenvalue weighted by Crippen LogP contribution is -2.12. The molecule has 2 rings (SSSR count). The Balaban J connectivity index is 2.21. The minimum absolute atomic E-state index is 0.190. The van der Waals surface area contributed by atoms with Gasteiger partial charge in [-0.15, -0.1) is 0 Å². The fourth-order valence-corrected chi connectivity index (χ4v) is 2.39. The van der Waals surface area contributed by atoms with E-state index in [-0.39, 0.29) is 17.5 Å². The number of nitrogens with two attached hydrogens (primary N) is 1. The molecule has 0 saturated carbocycles. The third kappa shape index (κ3) is 2.88. The topological polar surface area (TPSA) is 71.2 Å². The number of nitrogens with zero attached hydrogens (tertiary/aromatic N) is 2. The molecule has 0 unspecified atom stereocenters.